The molecule has 0 radical (unpaired) electrons. The number of hydrogen-bond acceptors (Lipinski definition) is 6. The summed E-state index contributed by atoms with van der Waals surface area (Å²) in [4.78, 5) is 11.8. The van der Waals surface area contributed by atoms with Gasteiger partial charge in [0.25, 0.3) is 0 Å². The number of rotatable bonds is 6. The number of carbonyl (C=O) groups is 1. The molecule has 0 saturated carbocycles. The zero-order valence-electron chi connectivity index (χ0n) is 11.5. The number of anilines is 1. The summed E-state index contributed by atoms with van der Waals surface area (Å²) in [6.45, 7) is 0. The second-order valence-electron chi connectivity index (χ2n) is 4.28. The predicted octanol–water partition coefficient (Wildman–Crippen LogP) is 1.59. The molecule has 2 aromatic rings. The molecule has 108 valence electrons. The van der Waals surface area contributed by atoms with Crippen LogP contribution >= 0.6 is 11.8 Å². The van der Waals surface area contributed by atoms with Crippen LogP contribution in [0.25, 0.3) is 0 Å². The lowest BCUT2D eigenvalue weighted by Crippen LogP contribution is -2.11. The summed E-state index contributed by atoms with van der Waals surface area (Å²) >= 11 is 1.51. The highest BCUT2D eigenvalue weighted by Crippen LogP contribution is 2.15. The Kier molecular flexibility index (Phi) is 5.29. The fourth-order valence-electron chi connectivity index (χ4n) is 1.63. The van der Waals surface area contributed by atoms with Crippen LogP contribution in [0, 0.1) is 11.3 Å². The van der Waals surface area contributed by atoms with Crippen LogP contribution in [0.5, 0.6) is 0 Å². The van der Waals surface area contributed by atoms with E-state index in [1.807, 2.05) is 6.07 Å². The van der Waals surface area contributed by atoms with E-state index in [0.29, 0.717) is 17.7 Å². The SMILES string of the molecule is Cn1nnnc1SCCCC(=O)Nc1cccc(C#N)c1. The smallest absolute Gasteiger partial charge is 0.224 e. The highest BCUT2D eigenvalue weighted by molar-refractivity contribution is 7.99. The van der Waals surface area contributed by atoms with Crippen molar-refractivity contribution in [1.82, 2.24) is 20.2 Å². The molecule has 0 aliphatic heterocycles. The molecule has 8 heteroatoms. The van der Waals surface area contributed by atoms with Crippen molar-refractivity contribution in [2.24, 2.45) is 7.05 Å². The van der Waals surface area contributed by atoms with E-state index in [1.54, 1.807) is 36.0 Å². The van der Waals surface area contributed by atoms with Gasteiger partial charge in [0, 0.05) is 24.9 Å². The fraction of sp³-hybridized carbons (Fsp3) is 0.308. The largest absolute Gasteiger partial charge is 0.326 e. The number of nitriles is 1. The van der Waals surface area contributed by atoms with Crippen molar-refractivity contribution in [1.29, 1.82) is 5.26 Å². The highest BCUT2D eigenvalue weighted by atomic mass is 32.2. The van der Waals surface area contributed by atoms with Gasteiger partial charge in [-0.05, 0) is 35.0 Å². The van der Waals surface area contributed by atoms with Gasteiger partial charge in [-0.25, -0.2) is 4.68 Å². The number of amides is 1. The third kappa shape index (κ3) is 4.57. The van der Waals surface area contributed by atoms with E-state index in [0.717, 1.165) is 17.3 Å². The molecule has 21 heavy (non-hydrogen) atoms. The molecule has 1 amide bonds. The lowest BCUT2D eigenvalue weighted by molar-refractivity contribution is -0.116. The molecule has 0 atom stereocenters. The summed E-state index contributed by atoms with van der Waals surface area (Å²) in [5.74, 6) is 0.696. The Morgan fingerprint density at radius 2 is 2.38 bits per heavy atom. The summed E-state index contributed by atoms with van der Waals surface area (Å²) in [6.07, 6.45) is 1.14. The van der Waals surface area contributed by atoms with Crippen LogP contribution in [0.15, 0.2) is 29.4 Å². The van der Waals surface area contributed by atoms with E-state index in [9.17, 15) is 4.79 Å². The van der Waals surface area contributed by atoms with E-state index in [1.165, 1.54) is 11.8 Å². The Hall–Kier alpha value is -2.40. The number of thioether (sulfide) groups is 1. The molecule has 1 N–H and O–H groups in total. The first kappa shape index (κ1) is 15.0. The van der Waals surface area contributed by atoms with Gasteiger partial charge in [-0.3, -0.25) is 4.79 Å². The first-order chi connectivity index (χ1) is 10.2. The van der Waals surface area contributed by atoms with Gasteiger partial charge in [-0.15, -0.1) is 5.10 Å². The van der Waals surface area contributed by atoms with E-state index in [2.05, 4.69) is 20.8 Å². The topological polar surface area (TPSA) is 96.5 Å². The summed E-state index contributed by atoms with van der Waals surface area (Å²) in [6, 6.07) is 8.89. The molecule has 1 heterocycles. The number of nitrogens with one attached hydrogen (secondary N) is 1. The second-order valence-corrected chi connectivity index (χ2v) is 5.34. The zero-order chi connectivity index (χ0) is 15.1. The van der Waals surface area contributed by atoms with Gasteiger partial charge >= 0.3 is 0 Å². The predicted molar refractivity (Wildman–Crippen MR) is 78.5 cm³/mol. The first-order valence-electron chi connectivity index (χ1n) is 6.34. The zero-order valence-corrected chi connectivity index (χ0v) is 12.3. The van der Waals surface area contributed by atoms with Gasteiger partial charge in [0.15, 0.2) is 0 Å². The molecule has 1 aromatic carbocycles. The maximum Gasteiger partial charge on any atom is 0.224 e. The van der Waals surface area contributed by atoms with Gasteiger partial charge < -0.3 is 5.32 Å². The number of carbonyl (C=O) groups excluding carboxylic acids is 1. The number of aryl methyl sites for hydroxylation is 1. The normalized spacial score (nSPS) is 10.1. The van der Waals surface area contributed by atoms with Crippen LogP contribution in [0.1, 0.15) is 18.4 Å². The molecule has 0 fully saturated rings. The Morgan fingerprint density at radius 1 is 1.52 bits per heavy atom. The maximum atomic E-state index is 11.8. The van der Waals surface area contributed by atoms with E-state index >= 15 is 0 Å². The minimum Gasteiger partial charge on any atom is -0.326 e. The van der Waals surface area contributed by atoms with Crippen molar-refractivity contribution in [2.45, 2.75) is 18.0 Å². The summed E-state index contributed by atoms with van der Waals surface area (Å²) < 4.78 is 1.60. The minimum absolute atomic E-state index is 0.0678. The molecule has 2 rings (SSSR count). The number of tetrazole rings is 1. The lowest BCUT2D eigenvalue weighted by atomic mass is 10.2. The second kappa shape index (κ2) is 7.40. The quantitative estimate of drug-likeness (QED) is 0.643. The van der Waals surface area contributed by atoms with Gasteiger partial charge in [0.2, 0.25) is 11.1 Å². The van der Waals surface area contributed by atoms with E-state index in [-0.39, 0.29) is 5.91 Å². The molecule has 0 saturated heterocycles. The third-order valence-corrected chi connectivity index (χ3v) is 3.73. The number of benzene rings is 1. The third-order valence-electron chi connectivity index (χ3n) is 2.64. The summed E-state index contributed by atoms with van der Waals surface area (Å²) in [5.41, 5.74) is 1.17. The van der Waals surface area contributed by atoms with Crippen molar-refractivity contribution >= 4 is 23.4 Å². The van der Waals surface area contributed by atoms with Crippen molar-refractivity contribution in [2.75, 3.05) is 11.1 Å². The van der Waals surface area contributed by atoms with Crippen molar-refractivity contribution in [3.05, 3.63) is 29.8 Å². The number of hydrogen-bond donors (Lipinski definition) is 1. The molecule has 0 bridgehead atoms. The van der Waals surface area contributed by atoms with E-state index < -0.39 is 0 Å². The molecule has 7 nitrogen and oxygen atoms in total. The summed E-state index contributed by atoms with van der Waals surface area (Å²) in [7, 11) is 1.78. The molecule has 1 aromatic heterocycles. The number of nitrogens with zero attached hydrogens (tertiary/aromatic N) is 5. The molecule has 0 aliphatic rings. The van der Waals surface area contributed by atoms with Crippen LogP contribution in [-0.2, 0) is 11.8 Å². The Bertz CT molecular complexity index is 663. The standard InChI is InChI=1S/C13H14N6OS/c1-19-13(16-17-18-19)21-7-3-6-12(20)15-11-5-2-4-10(8-11)9-14/h2,4-5,8H,3,6-7H2,1H3,(H,15,20). The van der Waals surface area contributed by atoms with Crippen molar-refractivity contribution in [3.63, 3.8) is 0 Å². The molecular weight excluding hydrogens is 288 g/mol. The fourth-order valence-corrected chi connectivity index (χ4v) is 2.42. The summed E-state index contributed by atoms with van der Waals surface area (Å²) in [5, 5.41) is 23.4. The van der Waals surface area contributed by atoms with Gasteiger partial charge in [0.1, 0.15) is 0 Å². The van der Waals surface area contributed by atoms with Crippen LogP contribution in [0.3, 0.4) is 0 Å². The van der Waals surface area contributed by atoms with Gasteiger partial charge in [-0.1, -0.05) is 17.8 Å². The monoisotopic (exact) mass is 302 g/mol. The van der Waals surface area contributed by atoms with Gasteiger partial charge in [0.05, 0.1) is 11.6 Å². The Labute approximate surface area is 126 Å². The van der Waals surface area contributed by atoms with Crippen molar-refractivity contribution in [3.8, 4) is 6.07 Å². The van der Waals surface area contributed by atoms with Gasteiger partial charge in [-0.2, -0.15) is 5.26 Å². The highest BCUT2D eigenvalue weighted by Gasteiger charge is 2.05. The van der Waals surface area contributed by atoms with Crippen LogP contribution in [0.2, 0.25) is 0 Å². The van der Waals surface area contributed by atoms with Crippen LogP contribution in [-0.4, -0.2) is 31.9 Å². The van der Waals surface area contributed by atoms with E-state index in [4.69, 9.17) is 5.26 Å². The lowest BCUT2D eigenvalue weighted by Gasteiger charge is -2.05. The van der Waals surface area contributed by atoms with Crippen molar-refractivity contribution < 1.29 is 4.79 Å². The first-order valence-corrected chi connectivity index (χ1v) is 7.33. The molecule has 0 unspecified atom stereocenters. The minimum atomic E-state index is -0.0678. The Balaban J connectivity index is 1.72. The molecular formula is C13H14N6OS. The average Bonchev–Trinajstić information content (AvgIpc) is 2.89. The number of aromatic nitrogens is 4. The van der Waals surface area contributed by atoms with Crippen LogP contribution in [0.4, 0.5) is 5.69 Å². The maximum absolute atomic E-state index is 11.8. The average molecular weight is 302 g/mol. The molecule has 0 aliphatic carbocycles. The molecule has 0 spiro atoms. The Morgan fingerprint density at radius 3 is 3.10 bits per heavy atom. The van der Waals surface area contributed by atoms with Crippen LogP contribution < -0.4 is 5.32 Å².